The summed E-state index contributed by atoms with van der Waals surface area (Å²) in [4.78, 5) is 18.7. The molecule has 0 aliphatic carbocycles. The van der Waals surface area contributed by atoms with Crippen molar-refractivity contribution in [2.75, 3.05) is 23.9 Å². The van der Waals surface area contributed by atoms with Crippen molar-refractivity contribution in [1.29, 1.82) is 0 Å². The van der Waals surface area contributed by atoms with Gasteiger partial charge in [0.2, 0.25) is 5.91 Å². The molecule has 2 aromatic carbocycles. The van der Waals surface area contributed by atoms with E-state index < -0.39 is 0 Å². The van der Waals surface area contributed by atoms with Gasteiger partial charge in [0, 0.05) is 35.3 Å². The van der Waals surface area contributed by atoms with Gasteiger partial charge >= 0.3 is 0 Å². The van der Waals surface area contributed by atoms with E-state index >= 15 is 0 Å². The first-order chi connectivity index (χ1) is 18.4. The van der Waals surface area contributed by atoms with Crippen molar-refractivity contribution >= 4 is 46.2 Å². The van der Waals surface area contributed by atoms with Crippen molar-refractivity contribution in [3.63, 3.8) is 0 Å². The molecule has 0 spiro atoms. The standard InChI is InChI=1S/C29H27ClN4O3S/c1-17-7-8-19(15-21(17)30)24-11-12-25(37-24)28-27(23-6-4-5-13-31-23)33-29(38)34(28)20-9-10-22(18(2)14-20)32-26(35)16-36-3/h4-15,27-28H,16H2,1-3H3,(H,32,35)(H,33,38)/t27-,28+/m1/s1. The molecule has 2 N–H and O–H groups in total. The van der Waals surface area contributed by atoms with E-state index in [1.165, 1.54) is 7.11 Å². The third-order valence-corrected chi connectivity index (χ3v) is 7.23. The molecule has 2 atom stereocenters. The average Bonchev–Trinajstić information content (AvgIpc) is 3.52. The summed E-state index contributed by atoms with van der Waals surface area (Å²) in [5, 5.41) is 7.56. The number of thiocarbonyl (C=S) groups is 1. The zero-order valence-corrected chi connectivity index (χ0v) is 22.8. The zero-order chi connectivity index (χ0) is 26.8. The number of hydrogen-bond donors (Lipinski definition) is 2. The fourth-order valence-corrected chi connectivity index (χ4v) is 5.12. The van der Waals surface area contributed by atoms with Crippen molar-refractivity contribution in [3.8, 4) is 11.3 Å². The van der Waals surface area contributed by atoms with Crippen LogP contribution in [-0.4, -0.2) is 29.7 Å². The van der Waals surface area contributed by atoms with Crippen LogP contribution in [0.5, 0.6) is 0 Å². The Kier molecular flexibility index (Phi) is 7.46. The summed E-state index contributed by atoms with van der Waals surface area (Å²) < 4.78 is 11.4. The predicted molar refractivity (Wildman–Crippen MR) is 154 cm³/mol. The van der Waals surface area contributed by atoms with E-state index in [1.807, 2.05) is 85.5 Å². The van der Waals surface area contributed by atoms with Crippen molar-refractivity contribution in [2.45, 2.75) is 25.9 Å². The molecule has 1 aliphatic rings. The van der Waals surface area contributed by atoms with E-state index in [0.29, 0.717) is 21.6 Å². The molecule has 0 radical (unpaired) electrons. The molecule has 0 bridgehead atoms. The minimum Gasteiger partial charge on any atom is -0.459 e. The molecule has 194 valence electrons. The van der Waals surface area contributed by atoms with Crippen molar-refractivity contribution < 1.29 is 13.9 Å². The van der Waals surface area contributed by atoms with Gasteiger partial charge in [-0.1, -0.05) is 29.8 Å². The molecule has 2 aromatic heterocycles. The van der Waals surface area contributed by atoms with E-state index in [1.54, 1.807) is 6.20 Å². The van der Waals surface area contributed by atoms with Gasteiger partial charge in [-0.2, -0.15) is 0 Å². The summed E-state index contributed by atoms with van der Waals surface area (Å²) in [5.41, 5.74) is 5.22. The van der Waals surface area contributed by atoms with Crippen molar-refractivity contribution in [2.24, 2.45) is 0 Å². The normalized spacial score (nSPS) is 16.9. The lowest BCUT2D eigenvalue weighted by Crippen LogP contribution is -2.29. The fraction of sp³-hybridized carbons (Fsp3) is 0.207. The molecule has 0 saturated carbocycles. The number of ether oxygens (including phenoxy) is 1. The van der Waals surface area contributed by atoms with Crippen LogP contribution in [0, 0.1) is 13.8 Å². The van der Waals surface area contributed by atoms with Gasteiger partial charge in [-0.25, -0.2) is 0 Å². The maximum absolute atomic E-state index is 12.0. The second-order valence-electron chi connectivity index (χ2n) is 9.14. The number of rotatable bonds is 7. The van der Waals surface area contributed by atoms with Gasteiger partial charge in [-0.15, -0.1) is 0 Å². The summed E-state index contributed by atoms with van der Waals surface area (Å²) in [6.45, 7) is 3.90. The molecule has 38 heavy (non-hydrogen) atoms. The second kappa shape index (κ2) is 10.9. The molecule has 5 rings (SSSR count). The predicted octanol–water partition coefficient (Wildman–Crippen LogP) is 6.37. The molecule has 1 aliphatic heterocycles. The van der Waals surface area contributed by atoms with Crippen LogP contribution in [0.3, 0.4) is 0 Å². The van der Waals surface area contributed by atoms with Gasteiger partial charge in [0.05, 0.1) is 11.7 Å². The number of carbonyl (C=O) groups excluding carboxylic acids is 1. The van der Waals surface area contributed by atoms with Gasteiger partial charge < -0.3 is 24.7 Å². The number of nitrogens with one attached hydrogen (secondary N) is 2. The van der Waals surface area contributed by atoms with Gasteiger partial charge in [-0.3, -0.25) is 9.78 Å². The Labute approximate surface area is 231 Å². The number of halogens is 1. The minimum absolute atomic E-state index is 0.0117. The first-order valence-electron chi connectivity index (χ1n) is 12.1. The number of aromatic nitrogens is 1. The summed E-state index contributed by atoms with van der Waals surface area (Å²) in [6, 6.07) is 20.9. The smallest absolute Gasteiger partial charge is 0.250 e. The first-order valence-corrected chi connectivity index (χ1v) is 12.9. The number of anilines is 2. The minimum atomic E-state index is -0.305. The van der Waals surface area contributed by atoms with E-state index in [-0.39, 0.29) is 24.6 Å². The largest absolute Gasteiger partial charge is 0.459 e. The van der Waals surface area contributed by atoms with E-state index in [0.717, 1.165) is 33.8 Å². The summed E-state index contributed by atoms with van der Waals surface area (Å²) in [5.74, 6) is 1.23. The summed E-state index contributed by atoms with van der Waals surface area (Å²) >= 11 is 12.2. The first kappa shape index (κ1) is 25.9. The number of hydrogen-bond acceptors (Lipinski definition) is 5. The SMILES string of the molecule is COCC(=O)Nc1ccc(N2C(=S)N[C@H](c3ccccn3)[C@@H]2c2ccc(-c3ccc(C)c(Cl)c3)o2)cc1C. The van der Waals surface area contributed by atoms with Crippen LogP contribution in [0.4, 0.5) is 11.4 Å². The number of aryl methyl sites for hydroxylation is 2. The molecule has 1 fully saturated rings. The number of benzene rings is 2. The molecule has 4 aromatic rings. The lowest BCUT2D eigenvalue weighted by atomic mass is 10.0. The molecule has 0 unspecified atom stereocenters. The molecular formula is C29H27ClN4O3S. The number of nitrogens with zero attached hydrogens (tertiary/aromatic N) is 2. The Bertz CT molecular complexity index is 1490. The molecular weight excluding hydrogens is 520 g/mol. The Morgan fingerprint density at radius 1 is 1.13 bits per heavy atom. The Morgan fingerprint density at radius 3 is 2.68 bits per heavy atom. The second-order valence-corrected chi connectivity index (χ2v) is 9.94. The number of carbonyl (C=O) groups is 1. The van der Waals surface area contributed by atoms with E-state index in [2.05, 4.69) is 15.6 Å². The quantitative estimate of drug-likeness (QED) is 0.261. The highest BCUT2D eigenvalue weighted by atomic mass is 35.5. The van der Waals surface area contributed by atoms with Crippen LogP contribution in [0.2, 0.25) is 5.02 Å². The van der Waals surface area contributed by atoms with Crippen molar-refractivity contribution in [3.05, 3.63) is 101 Å². The van der Waals surface area contributed by atoms with E-state index in [4.69, 9.17) is 33.0 Å². The van der Waals surface area contributed by atoms with Gasteiger partial charge in [0.1, 0.15) is 24.2 Å². The molecule has 1 saturated heterocycles. The molecule has 1 amide bonds. The van der Waals surface area contributed by atoms with E-state index in [9.17, 15) is 4.79 Å². The zero-order valence-electron chi connectivity index (χ0n) is 21.2. The number of pyridine rings is 1. The number of amides is 1. The Hall–Kier alpha value is -3.72. The number of furan rings is 1. The monoisotopic (exact) mass is 546 g/mol. The maximum Gasteiger partial charge on any atom is 0.250 e. The van der Waals surface area contributed by atoms with Crippen LogP contribution < -0.4 is 15.5 Å². The third-order valence-electron chi connectivity index (χ3n) is 6.51. The number of methoxy groups -OCH3 is 1. The summed E-state index contributed by atoms with van der Waals surface area (Å²) in [6.07, 6.45) is 1.77. The molecule has 3 heterocycles. The topological polar surface area (TPSA) is 79.6 Å². The van der Waals surface area contributed by atoms with Crippen LogP contribution in [0.15, 0.2) is 77.3 Å². The third kappa shape index (κ3) is 5.15. The molecule has 9 heteroatoms. The van der Waals surface area contributed by atoms with Crippen LogP contribution >= 0.6 is 23.8 Å². The highest BCUT2D eigenvalue weighted by Gasteiger charge is 2.42. The van der Waals surface area contributed by atoms with Gasteiger partial charge in [0.25, 0.3) is 0 Å². The lowest BCUT2D eigenvalue weighted by Gasteiger charge is -2.27. The van der Waals surface area contributed by atoms with Crippen LogP contribution in [0.1, 0.15) is 34.7 Å². The lowest BCUT2D eigenvalue weighted by molar-refractivity contribution is -0.119. The Morgan fingerprint density at radius 2 is 1.97 bits per heavy atom. The van der Waals surface area contributed by atoms with Crippen LogP contribution in [0.25, 0.3) is 11.3 Å². The fourth-order valence-electron chi connectivity index (χ4n) is 4.59. The summed E-state index contributed by atoms with van der Waals surface area (Å²) in [7, 11) is 1.49. The maximum atomic E-state index is 12.0. The highest BCUT2D eigenvalue weighted by molar-refractivity contribution is 7.80. The van der Waals surface area contributed by atoms with Gasteiger partial charge in [0.15, 0.2) is 5.11 Å². The molecule has 7 nitrogen and oxygen atoms in total. The highest BCUT2D eigenvalue weighted by Crippen LogP contribution is 2.43. The average molecular weight is 547 g/mol. The Balaban J connectivity index is 1.54. The van der Waals surface area contributed by atoms with Gasteiger partial charge in [-0.05, 0) is 85.7 Å². The van der Waals surface area contributed by atoms with Crippen molar-refractivity contribution in [1.82, 2.24) is 10.3 Å². The van der Waals surface area contributed by atoms with Crippen LogP contribution in [-0.2, 0) is 9.53 Å².